The van der Waals surface area contributed by atoms with Gasteiger partial charge in [-0.1, -0.05) is 65.7 Å². The standard InChI is InChI=1S/C30H28FN3O5/c1-19-24(22-17-12-18-23(31)26(22)32-25(19)20-13-8-6-9-14-20)27(35)34(30(2,3)4,21-15-10-7-11-16-21)33(28(36)37)29(38)39-5/h6-18H,1-5H3. The molecule has 3 aromatic carbocycles. The fourth-order valence-corrected chi connectivity index (χ4v) is 5.03. The Kier molecular flexibility index (Phi) is 7.21. The van der Waals surface area contributed by atoms with Crippen molar-refractivity contribution in [3.05, 3.63) is 95.8 Å². The first-order valence-electron chi connectivity index (χ1n) is 12.2. The minimum atomic E-state index is -1.94. The minimum Gasteiger partial charge on any atom is -0.526 e. The highest BCUT2D eigenvalue weighted by Gasteiger charge is 2.59. The number of benzene rings is 3. The number of carbonyl (C=O) groups excluding carboxylic acids is 3. The molecule has 39 heavy (non-hydrogen) atoms. The van der Waals surface area contributed by atoms with Crippen LogP contribution >= 0.6 is 0 Å². The molecule has 1 aromatic heterocycles. The third-order valence-electron chi connectivity index (χ3n) is 6.69. The number of fused-ring (bicyclic) bond motifs is 1. The van der Waals surface area contributed by atoms with Gasteiger partial charge in [-0.2, -0.15) is 0 Å². The number of hydrogen-bond acceptors (Lipinski definition) is 6. The zero-order valence-electron chi connectivity index (χ0n) is 22.3. The molecule has 0 N–H and O–H groups in total. The number of methoxy groups -OCH3 is 1. The lowest BCUT2D eigenvalue weighted by Gasteiger charge is -2.49. The molecule has 0 aliphatic rings. The number of halogens is 1. The average Bonchev–Trinajstić information content (AvgIpc) is 2.91. The number of nitrogens with zero attached hydrogens (tertiary/aromatic N) is 3. The zero-order chi connectivity index (χ0) is 28.5. The number of quaternary nitrogens is 1. The quantitative estimate of drug-likeness (QED) is 0.252. The summed E-state index contributed by atoms with van der Waals surface area (Å²) in [4.78, 5) is 45.4. The highest BCUT2D eigenvalue weighted by atomic mass is 19.1. The van der Waals surface area contributed by atoms with E-state index in [0.29, 0.717) is 16.8 Å². The van der Waals surface area contributed by atoms with E-state index in [4.69, 9.17) is 4.74 Å². The fourth-order valence-electron chi connectivity index (χ4n) is 5.03. The molecule has 0 aliphatic carbocycles. The molecule has 8 nitrogen and oxygen atoms in total. The van der Waals surface area contributed by atoms with Crippen molar-refractivity contribution in [1.82, 2.24) is 14.6 Å². The van der Waals surface area contributed by atoms with Gasteiger partial charge in [-0.25, -0.2) is 19.0 Å². The second kappa shape index (κ2) is 10.3. The lowest BCUT2D eigenvalue weighted by molar-refractivity contribution is -0.275. The van der Waals surface area contributed by atoms with Crippen LogP contribution in [0.2, 0.25) is 0 Å². The van der Waals surface area contributed by atoms with Gasteiger partial charge in [0.05, 0.1) is 18.4 Å². The Morgan fingerprint density at radius 3 is 2.05 bits per heavy atom. The van der Waals surface area contributed by atoms with Gasteiger partial charge in [0.1, 0.15) is 16.9 Å². The zero-order valence-corrected chi connectivity index (χ0v) is 22.3. The van der Waals surface area contributed by atoms with Gasteiger partial charge < -0.3 is 14.6 Å². The molecule has 0 bridgehead atoms. The first-order chi connectivity index (χ1) is 18.5. The number of amides is 3. The molecule has 0 saturated heterocycles. The van der Waals surface area contributed by atoms with Crippen molar-refractivity contribution in [3.8, 4) is 11.3 Å². The summed E-state index contributed by atoms with van der Waals surface area (Å²) in [5.41, 5.74) is 0.161. The SMILES string of the molecule is COC(=O)N(C(=O)[O-])[N+](C(=O)c1c(C)c(-c2ccccc2)nc2c(F)cccc12)(c1ccccc1)C(C)(C)C. The molecular formula is C30H28FN3O5. The van der Waals surface area contributed by atoms with E-state index in [1.807, 2.05) is 6.07 Å². The largest absolute Gasteiger partial charge is 0.526 e. The number of aromatic nitrogens is 1. The van der Waals surface area contributed by atoms with Crippen LogP contribution in [-0.4, -0.2) is 40.7 Å². The Morgan fingerprint density at radius 1 is 0.923 bits per heavy atom. The van der Waals surface area contributed by atoms with Crippen LogP contribution in [0.4, 0.5) is 19.7 Å². The molecule has 1 unspecified atom stereocenters. The van der Waals surface area contributed by atoms with Crippen LogP contribution in [0.1, 0.15) is 36.7 Å². The van der Waals surface area contributed by atoms with Crippen LogP contribution < -0.4 is 9.70 Å². The van der Waals surface area contributed by atoms with E-state index in [9.17, 15) is 14.7 Å². The number of para-hydroxylation sites is 2. The number of pyridine rings is 1. The summed E-state index contributed by atoms with van der Waals surface area (Å²) in [6.45, 7) is 6.52. The predicted molar refractivity (Wildman–Crippen MR) is 144 cm³/mol. The van der Waals surface area contributed by atoms with Crippen LogP contribution in [-0.2, 0) is 4.74 Å². The Morgan fingerprint density at radius 2 is 1.51 bits per heavy atom. The van der Waals surface area contributed by atoms with E-state index in [1.165, 1.54) is 12.1 Å². The summed E-state index contributed by atoms with van der Waals surface area (Å²) < 4.78 is 18.9. The maximum Gasteiger partial charge on any atom is 0.461 e. The Balaban J connectivity index is 2.22. The molecule has 0 fully saturated rings. The van der Waals surface area contributed by atoms with Crippen molar-refractivity contribution in [2.45, 2.75) is 33.2 Å². The molecule has 3 amide bonds. The maximum atomic E-state index is 15.2. The molecule has 0 aliphatic heterocycles. The Labute approximate surface area is 225 Å². The van der Waals surface area contributed by atoms with E-state index >= 15 is 9.18 Å². The Bertz CT molecular complexity index is 1570. The molecule has 0 spiro atoms. The molecule has 200 valence electrons. The van der Waals surface area contributed by atoms with Gasteiger partial charge in [0, 0.05) is 23.1 Å². The highest BCUT2D eigenvalue weighted by molar-refractivity contribution is 6.15. The van der Waals surface area contributed by atoms with Crippen LogP contribution in [0.5, 0.6) is 0 Å². The summed E-state index contributed by atoms with van der Waals surface area (Å²) in [6.07, 6.45) is -3.26. The minimum absolute atomic E-state index is 0.00674. The van der Waals surface area contributed by atoms with Crippen LogP contribution in [0.25, 0.3) is 22.2 Å². The smallest absolute Gasteiger partial charge is 0.461 e. The Hall–Kier alpha value is -4.63. The summed E-state index contributed by atoms with van der Waals surface area (Å²) >= 11 is 0. The van der Waals surface area contributed by atoms with E-state index in [2.05, 4.69) is 4.98 Å². The first-order valence-corrected chi connectivity index (χ1v) is 12.2. The lowest BCUT2D eigenvalue weighted by atomic mass is 9.93. The van der Waals surface area contributed by atoms with Gasteiger partial charge in [0.2, 0.25) is 6.09 Å². The van der Waals surface area contributed by atoms with Crippen LogP contribution in [0.15, 0.2) is 78.9 Å². The number of hydrogen-bond donors (Lipinski definition) is 0. The first kappa shape index (κ1) is 27.4. The number of carboxylic acid groups (broad SMARTS) is 1. The van der Waals surface area contributed by atoms with E-state index < -0.39 is 34.0 Å². The third-order valence-corrected chi connectivity index (χ3v) is 6.69. The van der Waals surface area contributed by atoms with Crippen molar-refractivity contribution in [2.75, 3.05) is 7.11 Å². The predicted octanol–water partition coefficient (Wildman–Crippen LogP) is 5.62. The molecule has 4 aromatic rings. The van der Waals surface area contributed by atoms with Crippen LogP contribution in [0.3, 0.4) is 0 Å². The number of carbonyl (C=O) groups is 3. The maximum absolute atomic E-state index is 15.2. The molecular weight excluding hydrogens is 501 g/mol. The molecule has 0 radical (unpaired) electrons. The van der Waals surface area contributed by atoms with Crippen molar-refractivity contribution < 1.29 is 28.6 Å². The van der Waals surface area contributed by atoms with Crippen LogP contribution in [0, 0.1) is 12.7 Å². The number of rotatable bonds is 3. The second-order valence-electron chi connectivity index (χ2n) is 9.96. The number of ether oxygens (including phenoxy) is 1. The third kappa shape index (κ3) is 4.40. The van der Waals surface area contributed by atoms with Gasteiger partial charge in [0.25, 0.3) is 0 Å². The second-order valence-corrected chi connectivity index (χ2v) is 9.96. The molecule has 0 saturated carbocycles. The van der Waals surface area contributed by atoms with Crippen molar-refractivity contribution in [3.63, 3.8) is 0 Å². The fraction of sp³-hybridized carbons (Fsp3) is 0.200. The normalized spacial score (nSPS) is 13.0. The summed E-state index contributed by atoms with van der Waals surface area (Å²) in [5, 5.41) is 13.1. The van der Waals surface area contributed by atoms with E-state index in [-0.39, 0.29) is 27.2 Å². The van der Waals surface area contributed by atoms with Gasteiger partial charge in [-0.3, -0.25) is 0 Å². The van der Waals surface area contributed by atoms with Gasteiger partial charge >= 0.3 is 12.0 Å². The van der Waals surface area contributed by atoms with E-state index in [0.717, 1.165) is 7.11 Å². The van der Waals surface area contributed by atoms with Gasteiger partial charge in [-0.15, -0.1) is 4.59 Å². The van der Waals surface area contributed by atoms with Gasteiger partial charge in [-0.05, 0) is 39.3 Å². The lowest BCUT2D eigenvalue weighted by Crippen LogP contribution is -2.77. The summed E-state index contributed by atoms with van der Waals surface area (Å²) in [7, 11) is 1.01. The molecule has 4 rings (SSSR count). The molecule has 9 heteroatoms. The average molecular weight is 530 g/mol. The topological polar surface area (TPSA) is 99.6 Å². The van der Waals surface area contributed by atoms with E-state index in [1.54, 1.807) is 88.4 Å². The molecule has 1 heterocycles. The monoisotopic (exact) mass is 529 g/mol. The van der Waals surface area contributed by atoms with Crippen molar-refractivity contribution in [1.29, 1.82) is 0 Å². The molecule has 1 atom stereocenters. The van der Waals surface area contributed by atoms with Crippen molar-refractivity contribution in [2.24, 2.45) is 0 Å². The van der Waals surface area contributed by atoms with Gasteiger partial charge in [0.15, 0.2) is 5.69 Å². The summed E-state index contributed by atoms with van der Waals surface area (Å²) in [5.74, 6) is -1.46. The highest BCUT2D eigenvalue weighted by Crippen LogP contribution is 2.41. The number of imide groups is 1. The van der Waals surface area contributed by atoms with Crippen molar-refractivity contribution >= 4 is 34.7 Å². The summed E-state index contributed by atoms with van der Waals surface area (Å²) in [6, 6.07) is 21.2.